The van der Waals surface area contributed by atoms with Gasteiger partial charge >= 0.3 is 17.9 Å². The van der Waals surface area contributed by atoms with Crippen LogP contribution in [0, 0.1) is 11.3 Å². The van der Waals surface area contributed by atoms with Gasteiger partial charge in [0.1, 0.15) is 17.3 Å². The highest BCUT2D eigenvalue weighted by Crippen LogP contribution is 2.26. The van der Waals surface area contributed by atoms with Gasteiger partial charge in [-0.3, -0.25) is 0 Å². The van der Waals surface area contributed by atoms with Gasteiger partial charge in [-0.2, -0.15) is 5.26 Å². The van der Waals surface area contributed by atoms with E-state index in [0.29, 0.717) is 24.2 Å². The lowest BCUT2D eigenvalue weighted by molar-refractivity contribution is -0.134. The molecule has 2 aromatic rings. The molecular formula is C28H23NO6. The van der Waals surface area contributed by atoms with Crippen molar-refractivity contribution in [2.45, 2.75) is 25.7 Å². The van der Waals surface area contributed by atoms with Crippen LogP contribution in [0.15, 0.2) is 91.3 Å². The first kappa shape index (κ1) is 24.9. The molecule has 1 aliphatic rings. The molecule has 176 valence electrons. The van der Waals surface area contributed by atoms with E-state index in [1.165, 1.54) is 35.9 Å². The van der Waals surface area contributed by atoms with Gasteiger partial charge in [0.2, 0.25) is 0 Å². The molecule has 3 rings (SSSR count). The number of hydrogen-bond acceptors (Lipinski definition) is 7. The molecule has 0 heterocycles. The second kappa shape index (κ2) is 12.0. The molecule has 0 saturated carbocycles. The summed E-state index contributed by atoms with van der Waals surface area (Å²) in [4.78, 5) is 35.0. The van der Waals surface area contributed by atoms with E-state index in [-0.39, 0.29) is 17.1 Å². The number of carbonyl (C=O) groups excluding carboxylic acids is 3. The highest BCUT2D eigenvalue weighted by atomic mass is 16.5. The minimum absolute atomic E-state index is 0.256. The van der Waals surface area contributed by atoms with Gasteiger partial charge in [-0.1, -0.05) is 30.9 Å². The number of nitrogens with zero attached hydrogens (tertiary/aromatic N) is 1. The van der Waals surface area contributed by atoms with E-state index >= 15 is 0 Å². The van der Waals surface area contributed by atoms with Crippen LogP contribution in [0.3, 0.4) is 0 Å². The fourth-order valence-corrected chi connectivity index (χ4v) is 3.34. The van der Waals surface area contributed by atoms with Crippen molar-refractivity contribution in [2.24, 2.45) is 0 Å². The Morgan fingerprint density at radius 2 is 1.54 bits per heavy atom. The van der Waals surface area contributed by atoms with Gasteiger partial charge in [0.15, 0.2) is 0 Å². The van der Waals surface area contributed by atoms with E-state index < -0.39 is 17.9 Å². The molecule has 0 spiro atoms. The fourth-order valence-electron chi connectivity index (χ4n) is 3.34. The van der Waals surface area contributed by atoms with Crippen molar-refractivity contribution in [1.82, 2.24) is 0 Å². The normalized spacial score (nSPS) is 12.3. The molecule has 7 heteroatoms. The van der Waals surface area contributed by atoms with E-state index in [2.05, 4.69) is 19.2 Å². The Morgan fingerprint density at radius 3 is 2.17 bits per heavy atom. The topological polar surface area (TPSA) is 103 Å². The maximum absolute atomic E-state index is 12.5. The number of benzene rings is 2. The summed E-state index contributed by atoms with van der Waals surface area (Å²) >= 11 is 0. The van der Waals surface area contributed by atoms with Gasteiger partial charge in [0.25, 0.3) is 0 Å². The lowest BCUT2D eigenvalue weighted by Gasteiger charge is -2.14. The number of ether oxygens (including phenoxy) is 3. The third-order valence-corrected chi connectivity index (χ3v) is 5.20. The number of hydrogen-bond donors (Lipinski definition) is 0. The summed E-state index contributed by atoms with van der Waals surface area (Å²) in [5.74, 6) is -0.533. The van der Waals surface area contributed by atoms with Crippen molar-refractivity contribution >= 4 is 17.9 Å². The fraction of sp³-hybridized carbons (Fsp3) is 0.143. The van der Waals surface area contributed by atoms with Gasteiger partial charge < -0.3 is 14.2 Å². The molecule has 0 amide bonds. The van der Waals surface area contributed by atoms with E-state index in [0.717, 1.165) is 30.6 Å². The zero-order valence-corrected chi connectivity index (χ0v) is 19.0. The molecule has 2 aromatic carbocycles. The molecule has 0 radical (unpaired) electrons. The predicted molar refractivity (Wildman–Crippen MR) is 128 cm³/mol. The molecule has 7 nitrogen and oxygen atoms in total. The van der Waals surface area contributed by atoms with Crippen LogP contribution in [0.1, 0.15) is 40.7 Å². The zero-order chi connectivity index (χ0) is 25.2. The summed E-state index contributed by atoms with van der Waals surface area (Å²) in [5, 5.41) is 9.58. The lowest BCUT2D eigenvalue weighted by atomic mass is 9.95. The third kappa shape index (κ3) is 7.14. The van der Waals surface area contributed by atoms with Gasteiger partial charge in [-0.15, -0.1) is 0 Å². The molecule has 0 fully saturated rings. The molecule has 0 bridgehead atoms. The van der Waals surface area contributed by atoms with Crippen molar-refractivity contribution in [2.75, 3.05) is 0 Å². The second-order valence-corrected chi connectivity index (χ2v) is 7.55. The molecular weight excluding hydrogens is 446 g/mol. The number of esters is 3. The SMILES string of the molecule is C=CC(=O)OC1=CC=C(CCc2ccc(OC(=O)c3ccc(OC(=O)C=C)cc3)cc2C#N)CC1. The van der Waals surface area contributed by atoms with Crippen LogP contribution < -0.4 is 9.47 Å². The van der Waals surface area contributed by atoms with Crippen molar-refractivity contribution in [3.8, 4) is 17.6 Å². The van der Waals surface area contributed by atoms with Gasteiger partial charge in [-0.05, 0) is 67.3 Å². The van der Waals surface area contributed by atoms with Gasteiger partial charge in [0, 0.05) is 18.6 Å². The molecule has 1 aliphatic carbocycles. The highest BCUT2D eigenvalue weighted by Gasteiger charge is 2.14. The summed E-state index contributed by atoms with van der Waals surface area (Å²) in [6, 6.07) is 13.0. The van der Waals surface area contributed by atoms with Crippen LogP contribution in [0.2, 0.25) is 0 Å². The Balaban J connectivity index is 1.60. The van der Waals surface area contributed by atoms with Crippen LogP contribution in [-0.2, 0) is 20.7 Å². The Bertz CT molecular complexity index is 1260. The van der Waals surface area contributed by atoms with Crippen molar-refractivity contribution in [1.29, 1.82) is 5.26 Å². The number of aryl methyl sites for hydroxylation is 1. The molecule has 0 atom stereocenters. The molecule has 0 aromatic heterocycles. The molecule has 0 N–H and O–H groups in total. The summed E-state index contributed by atoms with van der Waals surface area (Å²) < 4.78 is 15.5. The number of rotatable bonds is 9. The van der Waals surface area contributed by atoms with Crippen LogP contribution >= 0.6 is 0 Å². The van der Waals surface area contributed by atoms with Crippen molar-refractivity contribution in [3.63, 3.8) is 0 Å². The summed E-state index contributed by atoms with van der Waals surface area (Å²) in [7, 11) is 0. The predicted octanol–water partition coefficient (Wildman–Crippen LogP) is 5.13. The minimum Gasteiger partial charge on any atom is -0.428 e. The van der Waals surface area contributed by atoms with E-state index in [4.69, 9.17) is 14.2 Å². The van der Waals surface area contributed by atoms with Crippen molar-refractivity contribution < 1.29 is 28.6 Å². The average Bonchev–Trinajstić information content (AvgIpc) is 2.88. The van der Waals surface area contributed by atoms with Crippen LogP contribution in [-0.4, -0.2) is 17.9 Å². The number of nitriles is 1. The summed E-state index contributed by atoms with van der Waals surface area (Å²) in [5.41, 5.74) is 2.72. The standard InChI is InChI=1S/C28H23NO6/c1-3-26(30)33-23-12-6-19(7-13-23)5-8-20-9-16-25(17-22(20)18-29)35-28(32)21-10-14-24(15-11-21)34-27(31)4-2/h3-4,6,9-12,14-17H,1-2,5,7-8,13H2. The minimum atomic E-state index is -0.602. The molecule has 0 aliphatic heterocycles. The zero-order valence-electron chi connectivity index (χ0n) is 19.0. The quantitative estimate of drug-likeness (QED) is 0.285. The number of allylic oxidation sites excluding steroid dienone is 4. The first-order valence-electron chi connectivity index (χ1n) is 10.8. The highest BCUT2D eigenvalue weighted by molar-refractivity contribution is 5.91. The first-order chi connectivity index (χ1) is 16.9. The number of carbonyl (C=O) groups is 3. The largest absolute Gasteiger partial charge is 0.428 e. The third-order valence-electron chi connectivity index (χ3n) is 5.20. The molecule has 35 heavy (non-hydrogen) atoms. The monoisotopic (exact) mass is 469 g/mol. The van der Waals surface area contributed by atoms with Crippen molar-refractivity contribution in [3.05, 3.63) is 108 Å². The Morgan fingerprint density at radius 1 is 0.857 bits per heavy atom. The van der Waals surface area contributed by atoms with Gasteiger partial charge in [0.05, 0.1) is 17.2 Å². The summed E-state index contributed by atoms with van der Waals surface area (Å²) in [6.45, 7) is 6.71. The van der Waals surface area contributed by atoms with E-state index in [1.807, 2.05) is 6.08 Å². The maximum atomic E-state index is 12.5. The summed E-state index contributed by atoms with van der Waals surface area (Å²) in [6.07, 6.45) is 8.66. The van der Waals surface area contributed by atoms with Crippen LogP contribution in [0.25, 0.3) is 0 Å². The average molecular weight is 469 g/mol. The lowest BCUT2D eigenvalue weighted by Crippen LogP contribution is -2.09. The van der Waals surface area contributed by atoms with E-state index in [1.54, 1.807) is 18.2 Å². The van der Waals surface area contributed by atoms with E-state index in [9.17, 15) is 19.6 Å². The maximum Gasteiger partial charge on any atom is 0.343 e. The smallest absolute Gasteiger partial charge is 0.343 e. The second-order valence-electron chi connectivity index (χ2n) is 7.55. The Labute approximate surface area is 203 Å². The molecule has 0 saturated heterocycles. The Hall–Kier alpha value is -4.70. The Kier molecular flexibility index (Phi) is 8.52. The van der Waals surface area contributed by atoms with Gasteiger partial charge in [-0.25, -0.2) is 14.4 Å². The van der Waals surface area contributed by atoms with Crippen LogP contribution in [0.4, 0.5) is 0 Å². The van der Waals surface area contributed by atoms with Crippen LogP contribution in [0.5, 0.6) is 11.5 Å². The first-order valence-corrected chi connectivity index (χ1v) is 10.8. The molecule has 0 unspecified atom stereocenters.